The Morgan fingerprint density at radius 3 is 2.86 bits per heavy atom. The summed E-state index contributed by atoms with van der Waals surface area (Å²) in [6.07, 6.45) is 0.882. The Hall–Kier alpha value is -2.63. The molecule has 0 radical (unpaired) electrons. The number of aromatic nitrogens is 3. The number of thioether (sulfide) groups is 1. The quantitative estimate of drug-likeness (QED) is 0.624. The third-order valence-electron chi connectivity index (χ3n) is 5.20. The van der Waals surface area contributed by atoms with E-state index >= 15 is 0 Å². The van der Waals surface area contributed by atoms with E-state index in [9.17, 15) is 10.1 Å². The van der Waals surface area contributed by atoms with Gasteiger partial charge in [0.15, 0.2) is 11.0 Å². The molecule has 0 atom stereocenters. The van der Waals surface area contributed by atoms with Crippen molar-refractivity contribution < 1.29 is 4.79 Å². The number of amides is 1. The van der Waals surface area contributed by atoms with Gasteiger partial charge in [-0.2, -0.15) is 5.26 Å². The number of thiophene rings is 1. The minimum absolute atomic E-state index is 0.154. The van der Waals surface area contributed by atoms with Crippen LogP contribution in [-0.2, 0) is 16.8 Å². The maximum absolute atomic E-state index is 12.5. The maximum atomic E-state index is 12.5. The third-order valence-corrected chi connectivity index (χ3v) is 7.25. The van der Waals surface area contributed by atoms with E-state index in [1.165, 1.54) is 28.7 Å². The van der Waals surface area contributed by atoms with Crippen molar-refractivity contribution in [2.45, 2.75) is 44.8 Å². The number of hydrogen-bond acceptors (Lipinski definition) is 6. The largest absolute Gasteiger partial charge is 0.316 e. The van der Waals surface area contributed by atoms with Gasteiger partial charge in [-0.25, -0.2) is 0 Å². The standard InChI is InChI=1S/C21H21N5OS2/c1-12-13(2)29-19(16(12)10-22)23-17(27)11-28-20-25-24-18-15-8-6-5-7-14(15)9-21(3,4)26(18)20/h5-8H,9,11H2,1-4H3,(H,23,27). The molecule has 1 N–H and O–H groups in total. The van der Waals surface area contributed by atoms with Crippen LogP contribution < -0.4 is 5.32 Å². The molecule has 0 fully saturated rings. The fourth-order valence-corrected chi connectivity index (χ4v) is 5.58. The Kier molecular flexibility index (Phi) is 4.97. The first-order chi connectivity index (χ1) is 13.8. The average molecular weight is 424 g/mol. The molecule has 1 aromatic carbocycles. The summed E-state index contributed by atoms with van der Waals surface area (Å²) in [5.74, 6) is 0.895. The van der Waals surface area contributed by atoms with Crippen LogP contribution in [0.3, 0.4) is 0 Å². The van der Waals surface area contributed by atoms with Gasteiger partial charge in [0.25, 0.3) is 0 Å². The van der Waals surface area contributed by atoms with Crippen molar-refractivity contribution in [3.05, 3.63) is 45.8 Å². The lowest BCUT2D eigenvalue weighted by atomic mass is 9.87. The highest BCUT2D eigenvalue weighted by atomic mass is 32.2. The second-order valence-electron chi connectivity index (χ2n) is 7.72. The van der Waals surface area contributed by atoms with E-state index in [0.717, 1.165) is 33.4 Å². The van der Waals surface area contributed by atoms with Crippen LogP contribution >= 0.6 is 23.1 Å². The smallest absolute Gasteiger partial charge is 0.235 e. The van der Waals surface area contributed by atoms with Crippen molar-refractivity contribution in [1.82, 2.24) is 14.8 Å². The first-order valence-corrected chi connectivity index (χ1v) is 11.1. The molecule has 8 heteroatoms. The molecule has 0 saturated heterocycles. The van der Waals surface area contributed by atoms with E-state index < -0.39 is 0 Å². The van der Waals surface area contributed by atoms with Gasteiger partial charge in [-0.3, -0.25) is 9.36 Å². The maximum Gasteiger partial charge on any atom is 0.235 e. The van der Waals surface area contributed by atoms with Crippen LogP contribution in [0, 0.1) is 25.2 Å². The Balaban J connectivity index is 1.54. The summed E-state index contributed by atoms with van der Waals surface area (Å²) in [6.45, 7) is 8.18. The third kappa shape index (κ3) is 3.45. The van der Waals surface area contributed by atoms with Gasteiger partial charge in [0.1, 0.15) is 11.1 Å². The van der Waals surface area contributed by atoms with Gasteiger partial charge >= 0.3 is 0 Å². The van der Waals surface area contributed by atoms with Gasteiger partial charge in [0, 0.05) is 16.0 Å². The fourth-order valence-electron chi connectivity index (χ4n) is 3.66. The zero-order chi connectivity index (χ0) is 20.8. The molecule has 1 aliphatic heterocycles. The van der Waals surface area contributed by atoms with Crippen molar-refractivity contribution in [1.29, 1.82) is 5.26 Å². The van der Waals surface area contributed by atoms with Crippen molar-refractivity contribution in [3.8, 4) is 17.5 Å². The monoisotopic (exact) mass is 423 g/mol. The Morgan fingerprint density at radius 1 is 1.34 bits per heavy atom. The average Bonchev–Trinajstić information content (AvgIpc) is 3.22. The van der Waals surface area contributed by atoms with Crippen LogP contribution in [0.25, 0.3) is 11.4 Å². The molecule has 29 heavy (non-hydrogen) atoms. The minimum Gasteiger partial charge on any atom is -0.316 e. The van der Waals surface area contributed by atoms with Gasteiger partial charge in [-0.05, 0) is 45.2 Å². The lowest BCUT2D eigenvalue weighted by Gasteiger charge is -2.34. The summed E-state index contributed by atoms with van der Waals surface area (Å²) in [7, 11) is 0. The fraction of sp³-hybridized carbons (Fsp3) is 0.333. The van der Waals surface area contributed by atoms with E-state index in [1.807, 2.05) is 26.0 Å². The number of aryl methyl sites for hydroxylation is 1. The Labute approximate surface area is 178 Å². The molecular weight excluding hydrogens is 402 g/mol. The van der Waals surface area contributed by atoms with Gasteiger partial charge in [0.05, 0.1) is 11.3 Å². The summed E-state index contributed by atoms with van der Waals surface area (Å²) in [5.41, 5.74) is 3.65. The molecular formula is C21H21N5OS2. The normalized spacial score (nSPS) is 14.0. The molecule has 1 aliphatic rings. The number of carbonyl (C=O) groups excluding carboxylic acids is 1. The topological polar surface area (TPSA) is 83.6 Å². The number of nitrogens with zero attached hydrogens (tertiary/aromatic N) is 4. The van der Waals surface area contributed by atoms with Crippen LogP contribution in [0.1, 0.15) is 35.4 Å². The predicted molar refractivity (Wildman–Crippen MR) is 116 cm³/mol. The second-order valence-corrected chi connectivity index (χ2v) is 9.89. The minimum atomic E-state index is -0.179. The summed E-state index contributed by atoms with van der Waals surface area (Å²) < 4.78 is 2.13. The number of nitrogens with one attached hydrogen (secondary N) is 1. The summed E-state index contributed by atoms with van der Waals surface area (Å²) in [4.78, 5) is 13.6. The van der Waals surface area contributed by atoms with E-state index in [4.69, 9.17) is 0 Å². The van der Waals surface area contributed by atoms with E-state index in [-0.39, 0.29) is 17.2 Å². The predicted octanol–water partition coefficient (Wildman–Crippen LogP) is 4.52. The van der Waals surface area contributed by atoms with Gasteiger partial charge in [-0.15, -0.1) is 21.5 Å². The molecule has 0 unspecified atom stereocenters. The summed E-state index contributed by atoms with van der Waals surface area (Å²) >= 11 is 2.80. The molecule has 3 aromatic rings. The first-order valence-electron chi connectivity index (χ1n) is 9.28. The van der Waals surface area contributed by atoms with Gasteiger partial charge < -0.3 is 5.32 Å². The SMILES string of the molecule is Cc1sc(NC(=O)CSc2nnc3n2C(C)(C)Cc2ccccc2-3)c(C#N)c1C. The number of nitriles is 1. The molecule has 2 aromatic heterocycles. The van der Waals surface area contributed by atoms with Crippen molar-refractivity contribution in [2.75, 3.05) is 11.1 Å². The molecule has 6 nitrogen and oxygen atoms in total. The zero-order valence-electron chi connectivity index (χ0n) is 16.7. The number of fused-ring (bicyclic) bond motifs is 3. The Bertz CT molecular complexity index is 1150. The number of benzene rings is 1. The zero-order valence-corrected chi connectivity index (χ0v) is 18.4. The van der Waals surface area contributed by atoms with E-state index in [0.29, 0.717) is 10.6 Å². The summed E-state index contributed by atoms with van der Waals surface area (Å²) in [5, 5.41) is 22.4. The van der Waals surface area contributed by atoms with E-state index in [1.54, 1.807) is 0 Å². The molecule has 0 spiro atoms. The molecule has 1 amide bonds. The van der Waals surface area contributed by atoms with Crippen molar-refractivity contribution in [2.24, 2.45) is 0 Å². The number of carbonyl (C=O) groups is 1. The van der Waals surface area contributed by atoms with Crippen molar-refractivity contribution >= 4 is 34.0 Å². The van der Waals surface area contributed by atoms with Crippen LogP contribution in [0.4, 0.5) is 5.00 Å². The van der Waals surface area contributed by atoms with Gasteiger partial charge in [-0.1, -0.05) is 36.0 Å². The van der Waals surface area contributed by atoms with Gasteiger partial charge in [0.2, 0.25) is 5.91 Å². The lowest BCUT2D eigenvalue weighted by Crippen LogP contribution is -2.33. The number of hydrogen-bond donors (Lipinski definition) is 1. The van der Waals surface area contributed by atoms with Crippen LogP contribution in [-0.4, -0.2) is 26.4 Å². The molecule has 148 valence electrons. The Morgan fingerprint density at radius 2 is 2.10 bits per heavy atom. The molecule has 0 aliphatic carbocycles. The highest BCUT2D eigenvalue weighted by molar-refractivity contribution is 7.99. The number of anilines is 1. The van der Waals surface area contributed by atoms with Crippen LogP contribution in [0.5, 0.6) is 0 Å². The highest BCUT2D eigenvalue weighted by Gasteiger charge is 2.34. The van der Waals surface area contributed by atoms with Crippen LogP contribution in [0.15, 0.2) is 29.4 Å². The molecule has 3 heterocycles. The lowest BCUT2D eigenvalue weighted by molar-refractivity contribution is -0.113. The highest BCUT2D eigenvalue weighted by Crippen LogP contribution is 2.39. The number of rotatable bonds is 4. The second kappa shape index (κ2) is 7.32. The summed E-state index contributed by atoms with van der Waals surface area (Å²) in [6, 6.07) is 10.4. The van der Waals surface area contributed by atoms with Crippen LogP contribution in [0.2, 0.25) is 0 Å². The molecule has 0 saturated carbocycles. The molecule has 4 rings (SSSR count). The van der Waals surface area contributed by atoms with E-state index in [2.05, 4.69) is 52.1 Å². The first kappa shape index (κ1) is 19.7. The van der Waals surface area contributed by atoms with Crippen molar-refractivity contribution in [3.63, 3.8) is 0 Å². The molecule has 0 bridgehead atoms.